The van der Waals surface area contributed by atoms with Gasteiger partial charge in [-0.25, -0.2) is 4.68 Å². The Morgan fingerprint density at radius 3 is 2.19 bits per heavy atom. The number of nitrogens with zero attached hydrogens (tertiary/aromatic N) is 2. The van der Waals surface area contributed by atoms with Crippen LogP contribution in [0.5, 0.6) is 0 Å². The largest absolute Gasteiger partial charge is 0.434 e. The van der Waals surface area contributed by atoms with Gasteiger partial charge in [0.05, 0.1) is 17.4 Å². The zero-order valence-electron chi connectivity index (χ0n) is 20.4. The number of carbonyl (C=O) groups excluding carboxylic acids is 3. The summed E-state index contributed by atoms with van der Waals surface area (Å²) in [7, 11) is 0. The Labute approximate surface area is 212 Å². The van der Waals surface area contributed by atoms with E-state index >= 15 is 0 Å². The molecule has 0 saturated heterocycles. The molecule has 0 spiro atoms. The first-order valence-corrected chi connectivity index (χ1v) is 11.6. The van der Waals surface area contributed by atoms with Gasteiger partial charge >= 0.3 is 6.18 Å². The Hall–Kier alpha value is -4.15. The van der Waals surface area contributed by atoms with Crippen LogP contribution in [0.4, 0.5) is 13.2 Å². The van der Waals surface area contributed by atoms with Gasteiger partial charge in [-0.1, -0.05) is 44.2 Å². The number of benzene rings is 2. The highest BCUT2D eigenvalue weighted by molar-refractivity contribution is 5.97. The number of halogens is 3. The third kappa shape index (κ3) is 7.18. The molecule has 3 amide bonds. The fraction of sp³-hybridized carbons (Fsp3) is 0.308. The highest BCUT2D eigenvalue weighted by atomic mass is 19.4. The summed E-state index contributed by atoms with van der Waals surface area (Å²) in [6, 6.07) is 13.0. The number of para-hydroxylation sites is 1. The van der Waals surface area contributed by atoms with Crippen LogP contribution in [0.25, 0.3) is 5.69 Å². The van der Waals surface area contributed by atoms with Crippen LogP contribution in [0.2, 0.25) is 0 Å². The first-order valence-electron chi connectivity index (χ1n) is 11.6. The molecule has 0 aliphatic carbocycles. The minimum atomic E-state index is -4.81. The van der Waals surface area contributed by atoms with Gasteiger partial charge in [0, 0.05) is 12.1 Å². The lowest BCUT2D eigenvalue weighted by Crippen LogP contribution is -2.44. The van der Waals surface area contributed by atoms with Crippen LogP contribution in [0, 0.1) is 5.92 Å². The molecule has 0 saturated carbocycles. The predicted molar refractivity (Wildman–Crippen MR) is 131 cm³/mol. The van der Waals surface area contributed by atoms with Crippen molar-refractivity contribution in [1.82, 2.24) is 20.4 Å². The van der Waals surface area contributed by atoms with Crippen molar-refractivity contribution >= 4 is 17.7 Å². The monoisotopic (exact) mass is 515 g/mol. The Balaban J connectivity index is 1.67. The lowest BCUT2D eigenvalue weighted by molar-refractivity contribution is -0.143. The molecule has 0 unspecified atom stereocenters. The van der Waals surface area contributed by atoms with Crippen molar-refractivity contribution in [3.63, 3.8) is 0 Å². The number of carbonyl (C=O) groups is 3. The summed E-state index contributed by atoms with van der Waals surface area (Å²) in [5, 5.41) is 8.86. The van der Waals surface area contributed by atoms with Crippen molar-refractivity contribution < 1.29 is 27.6 Å². The predicted octanol–water partition coefficient (Wildman–Crippen LogP) is 3.84. The van der Waals surface area contributed by atoms with Crippen LogP contribution in [0.15, 0.2) is 60.8 Å². The number of alkyl halides is 3. The summed E-state index contributed by atoms with van der Waals surface area (Å²) >= 11 is 0. The molecule has 8 nitrogen and oxygen atoms in total. The molecule has 196 valence electrons. The first kappa shape index (κ1) is 27.4. The maximum atomic E-state index is 13.8. The lowest BCUT2D eigenvalue weighted by atomic mass is 10.0. The number of aromatic nitrogens is 2. The highest BCUT2D eigenvalue weighted by Crippen LogP contribution is 2.33. The molecule has 0 aliphatic heterocycles. The molecule has 3 rings (SSSR count). The van der Waals surface area contributed by atoms with Crippen LogP contribution < -0.4 is 16.4 Å². The number of rotatable bonds is 10. The standard InChI is InChI=1S/C26H28F3N5O3/c1-16(2)8-13-21(23(30)35)33-24(36)18-11-9-17(10-12-18)14-31-25(37)20-15-32-34(22(20)26(27,28)29)19-6-4-3-5-7-19/h3-7,9-12,15-16,21H,8,13-14H2,1-2H3,(H2,30,35)(H,31,37)(H,33,36)/t21-/m0/s1. The quantitative estimate of drug-likeness (QED) is 0.380. The second-order valence-electron chi connectivity index (χ2n) is 8.93. The molecular formula is C26H28F3N5O3. The maximum absolute atomic E-state index is 13.8. The number of nitrogens with one attached hydrogen (secondary N) is 2. The van der Waals surface area contributed by atoms with E-state index in [4.69, 9.17) is 5.73 Å². The molecular weight excluding hydrogens is 487 g/mol. The minimum absolute atomic E-state index is 0.0765. The van der Waals surface area contributed by atoms with E-state index in [1.54, 1.807) is 30.3 Å². The van der Waals surface area contributed by atoms with Crippen LogP contribution in [-0.2, 0) is 17.5 Å². The molecule has 0 radical (unpaired) electrons. The fourth-order valence-electron chi connectivity index (χ4n) is 3.63. The molecule has 37 heavy (non-hydrogen) atoms. The van der Waals surface area contributed by atoms with Gasteiger partial charge in [-0.2, -0.15) is 18.3 Å². The Morgan fingerprint density at radius 1 is 0.973 bits per heavy atom. The van der Waals surface area contributed by atoms with E-state index in [0.29, 0.717) is 29.0 Å². The van der Waals surface area contributed by atoms with E-state index in [1.807, 2.05) is 13.8 Å². The topological polar surface area (TPSA) is 119 Å². The number of hydrogen-bond acceptors (Lipinski definition) is 4. The third-order valence-corrected chi connectivity index (χ3v) is 5.63. The molecule has 1 heterocycles. The number of primary amides is 1. The van der Waals surface area contributed by atoms with Crippen molar-refractivity contribution in [3.8, 4) is 5.69 Å². The van der Waals surface area contributed by atoms with Gasteiger partial charge in [0.2, 0.25) is 5.91 Å². The van der Waals surface area contributed by atoms with Gasteiger partial charge in [-0.05, 0) is 48.6 Å². The average molecular weight is 516 g/mol. The first-order chi connectivity index (χ1) is 17.5. The second-order valence-corrected chi connectivity index (χ2v) is 8.93. The van der Waals surface area contributed by atoms with Crippen molar-refractivity contribution in [1.29, 1.82) is 0 Å². The zero-order chi connectivity index (χ0) is 27.2. The summed E-state index contributed by atoms with van der Waals surface area (Å²) < 4.78 is 42.1. The summed E-state index contributed by atoms with van der Waals surface area (Å²) in [6.45, 7) is 3.92. The minimum Gasteiger partial charge on any atom is -0.368 e. The average Bonchev–Trinajstić information content (AvgIpc) is 3.32. The smallest absolute Gasteiger partial charge is 0.368 e. The molecule has 2 aromatic carbocycles. The highest BCUT2D eigenvalue weighted by Gasteiger charge is 2.40. The Bertz CT molecular complexity index is 1240. The summed E-state index contributed by atoms with van der Waals surface area (Å²) in [6.07, 6.45) is -2.80. The van der Waals surface area contributed by atoms with Gasteiger partial charge in [-0.15, -0.1) is 0 Å². The molecule has 0 fully saturated rings. The van der Waals surface area contributed by atoms with Crippen molar-refractivity contribution in [2.24, 2.45) is 11.7 Å². The number of hydrogen-bond donors (Lipinski definition) is 3. The summed E-state index contributed by atoms with van der Waals surface area (Å²) in [4.78, 5) is 36.8. The molecule has 1 aromatic heterocycles. The van der Waals surface area contributed by atoms with E-state index in [0.717, 1.165) is 6.20 Å². The molecule has 11 heteroatoms. The SMILES string of the molecule is CC(C)CC[C@H](NC(=O)c1ccc(CNC(=O)c2cnn(-c3ccccc3)c2C(F)(F)F)cc1)C(N)=O. The molecule has 4 N–H and O–H groups in total. The van der Waals surface area contributed by atoms with E-state index in [9.17, 15) is 27.6 Å². The number of nitrogens with two attached hydrogens (primary N) is 1. The van der Waals surface area contributed by atoms with Crippen molar-refractivity contribution in [2.75, 3.05) is 0 Å². The van der Waals surface area contributed by atoms with Crippen LogP contribution in [0.3, 0.4) is 0 Å². The maximum Gasteiger partial charge on any atom is 0.434 e. The summed E-state index contributed by atoms with van der Waals surface area (Å²) in [5.74, 6) is -1.70. The van der Waals surface area contributed by atoms with Crippen molar-refractivity contribution in [2.45, 2.75) is 45.5 Å². The molecule has 1 atom stereocenters. The lowest BCUT2D eigenvalue weighted by Gasteiger charge is -2.16. The third-order valence-electron chi connectivity index (χ3n) is 5.63. The van der Waals surface area contributed by atoms with E-state index < -0.39 is 41.2 Å². The van der Waals surface area contributed by atoms with Gasteiger partial charge in [0.1, 0.15) is 6.04 Å². The van der Waals surface area contributed by atoms with Gasteiger partial charge in [0.15, 0.2) is 5.69 Å². The molecule has 0 aliphatic rings. The molecule has 0 bridgehead atoms. The Morgan fingerprint density at radius 2 is 1.62 bits per heavy atom. The van der Waals surface area contributed by atoms with Gasteiger partial charge < -0.3 is 16.4 Å². The van der Waals surface area contributed by atoms with Crippen LogP contribution >= 0.6 is 0 Å². The van der Waals surface area contributed by atoms with Crippen LogP contribution in [-0.4, -0.2) is 33.5 Å². The van der Waals surface area contributed by atoms with E-state index in [2.05, 4.69) is 15.7 Å². The second kappa shape index (κ2) is 11.7. The fourth-order valence-corrected chi connectivity index (χ4v) is 3.63. The van der Waals surface area contributed by atoms with E-state index in [-0.39, 0.29) is 17.8 Å². The zero-order valence-corrected chi connectivity index (χ0v) is 20.4. The number of amides is 3. The van der Waals surface area contributed by atoms with Crippen molar-refractivity contribution in [3.05, 3.63) is 83.2 Å². The van der Waals surface area contributed by atoms with Gasteiger partial charge in [-0.3, -0.25) is 14.4 Å². The van der Waals surface area contributed by atoms with Crippen LogP contribution in [0.1, 0.15) is 58.7 Å². The van der Waals surface area contributed by atoms with Gasteiger partial charge in [0.25, 0.3) is 11.8 Å². The normalized spacial score (nSPS) is 12.3. The Kier molecular flexibility index (Phi) is 8.69. The van der Waals surface area contributed by atoms with E-state index in [1.165, 1.54) is 24.3 Å². The molecule has 3 aromatic rings. The summed E-state index contributed by atoms with van der Waals surface area (Å²) in [5.41, 5.74) is 4.61.